The predicted octanol–water partition coefficient (Wildman–Crippen LogP) is 1.98. The van der Waals surface area contributed by atoms with Crippen LogP contribution >= 0.6 is 11.3 Å². The van der Waals surface area contributed by atoms with Gasteiger partial charge in [-0.1, -0.05) is 6.07 Å². The van der Waals surface area contributed by atoms with Crippen molar-refractivity contribution < 1.29 is 9.59 Å². The number of nitrogens with zero attached hydrogens (tertiary/aromatic N) is 4. The van der Waals surface area contributed by atoms with Crippen LogP contribution in [-0.4, -0.2) is 58.3 Å². The van der Waals surface area contributed by atoms with Gasteiger partial charge in [0.1, 0.15) is 6.54 Å². The van der Waals surface area contributed by atoms with Crippen LogP contribution in [0.25, 0.3) is 0 Å². The third-order valence-electron chi connectivity index (χ3n) is 5.33. The second-order valence-electron chi connectivity index (χ2n) is 7.06. The fourth-order valence-corrected chi connectivity index (χ4v) is 4.84. The maximum absolute atomic E-state index is 12.7. The molecule has 0 N–H and O–H groups in total. The molecule has 0 unspecified atom stereocenters. The van der Waals surface area contributed by atoms with Gasteiger partial charge >= 0.3 is 0 Å². The van der Waals surface area contributed by atoms with Gasteiger partial charge < -0.3 is 9.80 Å². The average Bonchev–Trinajstić information content (AvgIpc) is 3.28. The van der Waals surface area contributed by atoms with Crippen molar-refractivity contribution in [3.05, 3.63) is 46.9 Å². The lowest BCUT2D eigenvalue weighted by Crippen LogP contribution is -2.66. The third-order valence-corrected chi connectivity index (χ3v) is 6.19. The Hall–Kier alpha value is -2.25. The first-order valence-electron chi connectivity index (χ1n) is 8.81. The molecular weight excluding hydrogens is 348 g/mol. The lowest BCUT2D eigenvalue weighted by molar-refractivity contribution is -0.142. The molecule has 2 fully saturated rings. The normalized spacial score (nSPS) is 23.8. The average molecular weight is 370 g/mol. The minimum atomic E-state index is -0.327. The van der Waals surface area contributed by atoms with E-state index >= 15 is 0 Å². The molecule has 1 spiro atoms. The van der Waals surface area contributed by atoms with E-state index in [9.17, 15) is 9.59 Å². The highest BCUT2D eigenvalue weighted by atomic mass is 32.1. The van der Waals surface area contributed by atoms with Gasteiger partial charge in [0.15, 0.2) is 0 Å². The molecule has 2 aliphatic heterocycles. The van der Waals surface area contributed by atoms with E-state index < -0.39 is 0 Å². The third kappa shape index (κ3) is 3.12. The highest BCUT2D eigenvalue weighted by Crippen LogP contribution is 2.35. The van der Waals surface area contributed by atoms with Gasteiger partial charge in [0, 0.05) is 37.6 Å². The quantitative estimate of drug-likeness (QED) is 0.829. The van der Waals surface area contributed by atoms with Crippen molar-refractivity contribution in [1.82, 2.24) is 14.8 Å². The van der Waals surface area contributed by atoms with Gasteiger partial charge in [0.2, 0.25) is 11.8 Å². The summed E-state index contributed by atoms with van der Waals surface area (Å²) < 4.78 is 0. The monoisotopic (exact) mass is 370 g/mol. The second-order valence-corrected chi connectivity index (χ2v) is 8.09. The molecule has 4 rings (SSSR count). The minimum absolute atomic E-state index is 0.0258. The molecule has 7 heteroatoms. The van der Waals surface area contributed by atoms with Gasteiger partial charge in [-0.3, -0.25) is 19.5 Å². The van der Waals surface area contributed by atoms with Gasteiger partial charge in [-0.2, -0.15) is 0 Å². The number of carbonyl (C=O) groups is 2. The van der Waals surface area contributed by atoms with Gasteiger partial charge in [-0.25, -0.2) is 0 Å². The molecule has 0 aliphatic carbocycles. The number of pyridine rings is 1. The van der Waals surface area contributed by atoms with Crippen LogP contribution in [0, 0.1) is 0 Å². The number of hydrogen-bond acceptors (Lipinski definition) is 5. The van der Waals surface area contributed by atoms with E-state index in [-0.39, 0.29) is 23.9 Å². The first kappa shape index (κ1) is 17.2. The molecule has 2 amide bonds. The molecule has 4 heterocycles. The summed E-state index contributed by atoms with van der Waals surface area (Å²) in [4.78, 5) is 36.4. The Morgan fingerprint density at radius 3 is 2.88 bits per heavy atom. The Labute approximate surface area is 157 Å². The molecule has 0 radical (unpaired) electrons. The Bertz CT molecular complexity index is 795. The SMILES string of the molecule is CC(=O)N1CC(=O)N(c2cccnc2)C[C@@]12CCN(Cc1cccs1)C2. The number of amides is 2. The van der Waals surface area contributed by atoms with Crippen molar-refractivity contribution in [2.24, 2.45) is 0 Å². The van der Waals surface area contributed by atoms with E-state index in [0.717, 1.165) is 31.7 Å². The van der Waals surface area contributed by atoms with E-state index in [1.165, 1.54) is 4.88 Å². The van der Waals surface area contributed by atoms with E-state index in [2.05, 4.69) is 27.4 Å². The van der Waals surface area contributed by atoms with Crippen molar-refractivity contribution in [2.75, 3.05) is 31.1 Å². The molecule has 2 aromatic heterocycles. The van der Waals surface area contributed by atoms with Crippen molar-refractivity contribution in [3.8, 4) is 0 Å². The van der Waals surface area contributed by atoms with Crippen LogP contribution in [0.1, 0.15) is 18.2 Å². The first-order chi connectivity index (χ1) is 12.6. The molecule has 0 bridgehead atoms. The number of likely N-dealkylation sites (tertiary alicyclic amines) is 1. The van der Waals surface area contributed by atoms with Gasteiger partial charge in [-0.15, -0.1) is 11.3 Å². The Balaban J connectivity index is 1.59. The standard InChI is InChI=1S/C19H22N4O2S/c1-15(24)23-12-18(25)22(16-4-2-7-20-10-16)14-19(23)6-8-21(13-19)11-17-5-3-9-26-17/h2-5,7,9-10H,6,8,11-14H2,1H3/t19-/m0/s1. The van der Waals surface area contributed by atoms with Crippen molar-refractivity contribution in [1.29, 1.82) is 0 Å². The number of aromatic nitrogens is 1. The maximum Gasteiger partial charge on any atom is 0.246 e. The number of carbonyl (C=O) groups excluding carboxylic acids is 2. The summed E-state index contributed by atoms with van der Waals surface area (Å²) in [5.41, 5.74) is 0.476. The Morgan fingerprint density at radius 2 is 2.19 bits per heavy atom. The zero-order valence-corrected chi connectivity index (χ0v) is 15.6. The minimum Gasteiger partial charge on any atom is -0.325 e. The van der Waals surface area contributed by atoms with Crippen LogP contribution in [-0.2, 0) is 16.1 Å². The van der Waals surface area contributed by atoms with Gasteiger partial charge in [-0.05, 0) is 30.0 Å². The van der Waals surface area contributed by atoms with Crippen LogP contribution in [0.15, 0.2) is 42.0 Å². The van der Waals surface area contributed by atoms with E-state index in [4.69, 9.17) is 0 Å². The molecule has 2 aliphatic rings. The zero-order valence-electron chi connectivity index (χ0n) is 14.8. The van der Waals surface area contributed by atoms with Crippen LogP contribution in [0.5, 0.6) is 0 Å². The highest BCUT2D eigenvalue weighted by molar-refractivity contribution is 7.09. The largest absolute Gasteiger partial charge is 0.325 e. The molecule has 2 saturated heterocycles. The van der Waals surface area contributed by atoms with Crippen LogP contribution in [0.3, 0.4) is 0 Å². The van der Waals surface area contributed by atoms with E-state index in [0.29, 0.717) is 6.54 Å². The van der Waals surface area contributed by atoms with Crippen molar-refractivity contribution in [2.45, 2.75) is 25.4 Å². The molecule has 1 atom stereocenters. The topological polar surface area (TPSA) is 56.8 Å². The summed E-state index contributed by atoms with van der Waals surface area (Å²) in [5.74, 6) is -0.0716. The molecule has 0 saturated carbocycles. The lowest BCUT2D eigenvalue weighted by Gasteiger charge is -2.48. The van der Waals surface area contributed by atoms with E-state index in [1.807, 2.05) is 12.1 Å². The number of thiophene rings is 1. The van der Waals surface area contributed by atoms with Crippen LogP contribution in [0.2, 0.25) is 0 Å². The summed E-state index contributed by atoms with van der Waals surface area (Å²) in [6, 6.07) is 7.95. The molecule has 26 heavy (non-hydrogen) atoms. The summed E-state index contributed by atoms with van der Waals surface area (Å²) in [5, 5.41) is 2.09. The number of hydrogen-bond donors (Lipinski definition) is 0. The molecule has 6 nitrogen and oxygen atoms in total. The number of rotatable bonds is 3. The van der Waals surface area contributed by atoms with Crippen molar-refractivity contribution >= 4 is 28.8 Å². The van der Waals surface area contributed by atoms with Gasteiger partial charge in [0.05, 0.1) is 24.0 Å². The smallest absolute Gasteiger partial charge is 0.246 e. The highest BCUT2D eigenvalue weighted by Gasteiger charge is 2.50. The molecule has 136 valence electrons. The summed E-state index contributed by atoms with van der Waals surface area (Å²) in [7, 11) is 0. The van der Waals surface area contributed by atoms with Gasteiger partial charge in [0.25, 0.3) is 0 Å². The number of piperazine rings is 1. The van der Waals surface area contributed by atoms with Crippen LogP contribution in [0.4, 0.5) is 5.69 Å². The fourth-order valence-electron chi connectivity index (χ4n) is 4.10. The Morgan fingerprint density at radius 1 is 1.31 bits per heavy atom. The number of anilines is 1. The molecule has 2 aromatic rings. The Kier molecular flexibility index (Phi) is 4.50. The summed E-state index contributed by atoms with van der Waals surface area (Å²) in [6.07, 6.45) is 4.29. The predicted molar refractivity (Wildman–Crippen MR) is 101 cm³/mol. The fraction of sp³-hybridized carbons (Fsp3) is 0.421. The first-order valence-corrected chi connectivity index (χ1v) is 9.69. The van der Waals surface area contributed by atoms with Crippen LogP contribution < -0.4 is 4.90 Å². The summed E-state index contributed by atoms with van der Waals surface area (Å²) in [6.45, 7) is 4.84. The maximum atomic E-state index is 12.7. The summed E-state index contributed by atoms with van der Waals surface area (Å²) >= 11 is 1.75. The molecule has 0 aromatic carbocycles. The van der Waals surface area contributed by atoms with Crippen molar-refractivity contribution in [3.63, 3.8) is 0 Å². The second kappa shape index (κ2) is 6.81. The zero-order chi connectivity index (χ0) is 18.1. The lowest BCUT2D eigenvalue weighted by atomic mass is 9.92. The molecular formula is C19H22N4O2S. The van der Waals surface area contributed by atoms with E-state index in [1.54, 1.807) is 40.5 Å².